The molecule has 4 atom stereocenters. The maximum absolute atomic E-state index is 11.4. The highest BCUT2D eigenvalue weighted by atomic mass is 35.5. The van der Waals surface area contributed by atoms with Crippen molar-refractivity contribution in [3.63, 3.8) is 0 Å². The molecular formula is C67H98Cl2N20O3. The van der Waals surface area contributed by atoms with Crippen LogP contribution in [-0.2, 0) is 14.4 Å². The second-order valence-electron chi connectivity index (χ2n) is 25.1. The standard InChI is InChI=1S/C18H27N5O.C17H24ClN5O.C17H25N5O.C15H22ClN5/c1-5-6-8-18(4,9-7-13(3)24)23-16-15-14(21-17(19)22-16)10-12(2)11-20-15;1-4-5-7-17(3,8-6-11(2)24)23-15-14-13(21-16(19)22-15)9-12(18)10-20-14;1-4-5-9-17(3,10-8-12(2)23)22-15-14-13(7-6-11-19-14)20-16(18)21-15;1-4-6-7-15(3,5-2)21-13-12-11(19-14(17)20-13)8-10(16)9-18-12/h10-11H,5-9H2,1-4H3,(H3,19,21,22,23);9-10H,4-8H2,1-3H3,(H3,19,21,22,23);6-7,11H,4-5,8-10H2,1-3H3,(H3,18,20,21,22);8-9H,4-7H2,1-3H3,(H3,17,19,20,21)/t18-;2*17-;15-/m0001/s1. The van der Waals surface area contributed by atoms with Crippen LogP contribution in [0, 0.1) is 6.92 Å². The highest BCUT2D eigenvalue weighted by molar-refractivity contribution is 6.31. The Morgan fingerprint density at radius 3 is 1.07 bits per heavy atom. The van der Waals surface area contributed by atoms with Crippen molar-refractivity contribution in [2.75, 3.05) is 44.2 Å². The van der Waals surface area contributed by atoms with Crippen molar-refractivity contribution in [2.45, 2.75) is 234 Å². The molecule has 0 fully saturated rings. The van der Waals surface area contributed by atoms with E-state index >= 15 is 0 Å². The molecule has 0 aromatic carbocycles. The average molecular weight is 1300 g/mol. The molecule has 0 saturated carbocycles. The Morgan fingerprint density at radius 2 is 0.728 bits per heavy atom. The van der Waals surface area contributed by atoms with Gasteiger partial charge in [-0.1, -0.05) is 109 Å². The molecule has 0 aliphatic rings. The number of carbonyl (C=O) groups excluding carboxylic acids is 3. The number of hydrogen-bond donors (Lipinski definition) is 8. The quantitative estimate of drug-likeness (QED) is 0.0207. The van der Waals surface area contributed by atoms with E-state index in [0.717, 1.165) is 114 Å². The van der Waals surface area contributed by atoms with Gasteiger partial charge in [-0.15, -0.1) is 0 Å². The third-order valence-electron chi connectivity index (χ3n) is 16.1. The molecule has 8 rings (SSSR count). The van der Waals surface area contributed by atoms with Gasteiger partial charge in [0.25, 0.3) is 0 Å². The fourth-order valence-electron chi connectivity index (χ4n) is 10.3. The first-order chi connectivity index (χ1) is 43.6. The molecule has 92 heavy (non-hydrogen) atoms. The molecule has 0 bridgehead atoms. The monoisotopic (exact) mass is 1300 g/mol. The molecule has 8 aromatic heterocycles. The molecule has 8 aromatic rings. The van der Waals surface area contributed by atoms with E-state index in [-0.39, 0.29) is 63.3 Å². The first-order valence-corrected chi connectivity index (χ1v) is 32.9. The molecule has 0 unspecified atom stereocenters. The van der Waals surface area contributed by atoms with Gasteiger partial charge in [0, 0.05) is 66.2 Å². The Labute approximate surface area is 552 Å². The molecule has 8 heterocycles. The number of rotatable bonds is 30. The summed E-state index contributed by atoms with van der Waals surface area (Å²) in [6.07, 6.45) is 24.2. The minimum Gasteiger partial charge on any atom is -0.368 e. The molecule has 0 aliphatic heterocycles. The summed E-state index contributed by atoms with van der Waals surface area (Å²) in [5.74, 6) is 3.93. The summed E-state index contributed by atoms with van der Waals surface area (Å²) in [5, 5.41) is 15.0. The minimum absolute atomic E-state index is 0.0367. The Bertz CT molecular complexity index is 3610. The van der Waals surface area contributed by atoms with E-state index in [2.05, 4.69) is 143 Å². The van der Waals surface area contributed by atoms with Gasteiger partial charge in [0.15, 0.2) is 23.3 Å². The number of nitrogens with one attached hydrogen (secondary N) is 4. The molecule has 0 saturated heterocycles. The van der Waals surface area contributed by atoms with Crippen molar-refractivity contribution in [1.29, 1.82) is 0 Å². The lowest BCUT2D eigenvalue weighted by molar-refractivity contribution is -0.118. The molecular weight excluding hydrogens is 1200 g/mol. The number of anilines is 8. The SMILES string of the molecule is CCCC[C@@](C)(CC)Nc1nc(N)nc2cc(Cl)cnc12.CCCC[C@@](C)(CCC(C)=O)Nc1nc(N)nc2cc(C)cnc12.CCCC[C@@](C)(CCC(C)=O)Nc1nc(N)nc2cc(Cl)cnc12.CCCC[C@@](C)(CCC(C)=O)Nc1nc(N)nc2cccnc12. The van der Waals surface area contributed by atoms with E-state index in [4.69, 9.17) is 46.1 Å². The maximum atomic E-state index is 11.4. The summed E-state index contributed by atoms with van der Waals surface area (Å²) < 4.78 is 0. The second kappa shape index (κ2) is 35.1. The molecule has 498 valence electrons. The van der Waals surface area contributed by atoms with Crippen LogP contribution < -0.4 is 44.2 Å². The van der Waals surface area contributed by atoms with Gasteiger partial charge in [-0.2, -0.15) is 19.9 Å². The van der Waals surface area contributed by atoms with Gasteiger partial charge in [0.05, 0.1) is 32.1 Å². The predicted octanol–water partition coefficient (Wildman–Crippen LogP) is 15.0. The number of unbranched alkanes of at least 4 members (excludes halogenated alkanes) is 4. The van der Waals surface area contributed by atoms with Crippen molar-refractivity contribution in [2.24, 2.45) is 0 Å². The third-order valence-corrected chi connectivity index (χ3v) is 16.5. The maximum Gasteiger partial charge on any atom is 0.222 e. The van der Waals surface area contributed by atoms with Crippen molar-refractivity contribution in [1.82, 2.24) is 59.8 Å². The summed E-state index contributed by atoms with van der Waals surface area (Å²) in [5.41, 5.74) is 29.0. The fourth-order valence-corrected chi connectivity index (χ4v) is 10.6. The largest absolute Gasteiger partial charge is 0.368 e. The fraction of sp³-hybridized carbons (Fsp3) is 0.537. The number of nitrogens with zero attached hydrogens (tertiary/aromatic N) is 12. The van der Waals surface area contributed by atoms with Gasteiger partial charge in [0.1, 0.15) is 39.4 Å². The number of ketones is 3. The number of fused-ring (bicyclic) bond motifs is 4. The number of halogens is 2. The van der Waals surface area contributed by atoms with Crippen LogP contribution in [0.25, 0.3) is 44.1 Å². The summed E-state index contributed by atoms with van der Waals surface area (Å²) >= 11 is 12.0. The normalized spacial score (nSPS) is 13.8. The third kappa shape index (κ3) is 23.6. The topological polar surface area (TPSA) is 358 Å². The number of aryl methyl sites for hydroxylation is 1. The van der Waals surface area contributed by atoms with Crippen LogP contribution in [0.1, 0.15) is 211 Å². The Kier molecular flexibility index (Phi) is 28.5. The molecule has 0 radical (unpaired) electrons. The van der Waals surface area contributed by atoms with Crippen LogP contribution in [0.3, 0.4) is 0 Å². The average Bonchev–Trinajstić information content (AvgIpc) is 0.840. The summed E-state index contributed by atoms with van der Waals surface area (Å²) in [6.45, 7) is 26.2. The zero-order valence-electron chi connectivity index (χ0n) is 56.3. The van der Waals surface area contributed by atoms with E-state index in [9.17, 15) is 14.4 Å². The smallest absolute Gasteiger partial charge is 0.222 e. The zero-order chi connectivity index (χ0) is 67.8. The van der Waals surface area contributed by atoms with Crippen LogP contribution >= 0.6 is 23.2 Å². The highest BCUT2D eigenvalue weighted by Gasteiger charge is 2.30. The number of nitrogens with two attached hydrogens (primary N) is 4. The summed E-state index contributed by atoms with van der Waals surface area (Å²) in [7, 11) is 0. The van der Waals surface area contributed by atoms with Crippen LogP contribution in [-0.4, -0.2) is 99.3 Å². The molecule has 12 N–H and O–H groups in total. The number of hydrogen-bond acceptors (Lipinski definition) is 23. The van der Waals surface area contributed by atoms with Crippen LogP contribution in [0.15, 0.2) is 55.1 Å². The number of Topliss-reactive ketones (excluding diaryl/α,β-unsaturated/α-hetero) is 3. The van der Waals surface area contributed by atoms with E-state index in [1.807, 2.05) is 25.1 Å². The van der Waals surface area contributed by atoms with Gasteiger partial charge in [-0.05, 0) is 143 Å². The lowest BCUT2D eigenvalue weighted by Crippen LogP contribution is -2.36. The van der Waals surface area contributed by atoms with Gasteiger partial charge in [-0.3, -0.25) is 9.97 Å². The number of nitrogen functional groups attached to an aromatic ring is 4. The summed E-state index contributed by atoms with van der Waals surface area (Å²) in [6, 6.07) is 9.11. The number of aromatic nitrogens is 12. The second-order valence-corrected chi connectivity index (χ2v) is 26.0. The van der Waals surface area contributed by atoms with Crippen molar-refractivity contribution >= 4 is 132 Å². The first kappa shape index (κ1) is 74.7. The molecule has 25 heteroatoms. The van der Waals surface area contributed by atoms with Crippen molar-refractivity contribution in [3.8, 4) is 0 Å². The van der Waals surface area contributed by atoms with E-state index in [1.165, 1.54) is 0 Å². The Morgan fingerprint density at radius 1 is 0.424 bits per heavy atom. The number of pyridine rings is 4. The molecule has 0 aliphatic carbocycles. The van der Waals surface area contributed by atoms with Crippen LogP contribution in [0.4, 0.5) is 47.1 Å². The minimum atomic E-state index is -0.267. The molecule has 23 nitrogen and oxygen atoms in total. The lowest BCUT2D eigenvalue weighted by Gasteiger charge is -2.31. The van der Waals surface area contributed by atoms with E-state index in [1.54, 1.807) is 57.7 Å². The first-order valence-electron chi connectivity index (χ1n) is 32.1. The van der Waals surface area contributed by atoms with E-state index < -0.39 is 0 Å². The predicted molar refractivity (Wildman–Crippen MR) is 378 cm³/mol. The van der Waals surface area contributed by atoms with Gasteiger partial charge >= 0.3 is 0 Å². The number of carbonyl (C=O) groups is 3. The lowest BCUT2D eigenvalue weighted by atomic mass is 9.89. The van der Waals surface area contributed by atoms with Gasteiger partial charge in [-0.25, -0.2) is 29.9 Å². The van der Waals surface area contributed by atoms with Gasteiger partial charge in [0.2, 0.25) is 23.8 Å². The van der Waals surface area contributed by atoms with Crippen LogP contribution in [0.5, 0.6) is 0 Å². The highest BCUT2D eigenvalue weighted by Crippen LogP contribution is 2.34. The zero-order valence-corrected chi connectivity index (χ0v) is 57.8. The molecule has 0 spiro atoms. The van der Waals surface area contributed by atoms with Crippen molar-refractivity contribution < 1.29 is 14.4 Å². The Balaban J connectivity index is 0.000000223. The molecule has 0 amide bonds. The van der Waals surface area contributed by atoms with Gasteiger partial charge < -0.3 is 58.6 Å². The van der Waals surface area contributed by atoms with Crippen LogP contribution in [0.2, 0.25) is 10.0 Å². The Hall–Kier alpha value is -8.05. The van der Waals surface area contributed by atoms with Crippen molar-refractivity contribution in [3.05, 3.63) is 70.7 Å². The van der Waals surface area contributed by atoms with E-state index in [0.29, 0.717) is 91.2 Å². The summed E-state index contributed by atoms with van der Waals surface area (Å²) in [4.78, 5) is 86.0.